The largest absolute Gasteiger partial charge is 0.495 e. The third-order valence-electron chi connectivity index (χ3n) is 4.03. The zero-order valence-corrected chi connectivity index (χ0v) is 14.1. The van der Waals surface area contributed by atoms with Crippen molar-refractivity contribution in [2.75, 3.05) is 7.11 Å². The Bertz CT molecular complexity index is 1030. The summed E-state index contributed by atoms with van der Waals surface area (Å²) in [6.07, 6.45) is 7.75. The summed E-state index contributed by atoms with van der Waals surface area (Å²) in [6.45, 7) is 1.97. The summed E-state index contributed by atoms with van der Waals surface area (Å²) in [5.74, 6) is 1.62. The van der Waals surface area contributed by atoms with Crippen molar-refractivity contribution in [1.82, 2.24) is 19.5 Å². The van der Waals surface area contributed by atoms with Crippen molar-refractivity contribution >= 4 is 23.2 Å². The lowest BCUT2D eigenvalue weighted by Gasteiger charge is -2.09. The second-order valence-electron chi connectivity index (χ2n) is 5.83. The van der Waals surface area contributed by atoms with Gasteiger partial charge in [0.05, 0.1) is 35.9 Å². The molecule has 0 saturated carbocycles. The maximum Gasteiger partial charge on any atom is 0.143 e. The molecule has 5 nitrogen and oxygen atoms in total. The number of H-pyrrole nitrogens is 1. The number of imidazole rings is 2. The highest BCUT2D eigenvalue weighted by Crippen LogP contribution is 2.25. The van der Waals surface area contributed by atoms with Crippen molar-refractivity contribution in [3.8, 4) is 11.4 Å². The SMILES string of the molecule is COc1cc(C=Cc2nc3ccccc3[nH]2)ccc1-n1cnc(C)c1. The minimum atomic E-state index is 0.796. The summed E-state index contributed by atoms with van der Waals surface area (Å²) in [5, 5.41) is 0. The lowest BCUT2D eigenvalue weighted by Crippen LogP contribution is -1.95. The van der Waals surface area contributed by atoms with Gasteiger partial charge < -0.3 is 14.3 Å². The van der Waals surface area contributed by atoms with E-state index in [2.05, 4.69) is 15.0 Å². The molecule has 0 spiro atoms. The first-order chi connectivity index (χ1) is 12.2. The van der Waals surface area contributed by atoms with E-state index in [1.165, 1.54) is 0 Å². The van der Waals surface area contributed by atoms with Crippen molar-refractivity contribution in [3.05, 3.63) is 72.1 Å². The molecule has 4 rings (SSSR count). The van der Waals surface area contributed by atoms with Crippen LogP contribution in [-0.2, 0) is 0 Å². The number of para-hydroxylation sites is 2. The van der Waals surface area contributed by atoms with E-state index in [9.17, 15) is 0 Å². The lowest BCUT2D eigenvalue weighted by molar-refractivity contribution is 0.413. The van der Waals surface area contributed by atoms with Gasteiger partial charge in [-0.3, -0.25) is 0 Å². The molecule has 0 aliphatic heterocycles. The first-order valence-electron chi connectivity index (χ1n) is 8.05. The summed E-state index contributed by atoms with van der Waals surface area (Å²) < 4.78 is 7.50. The van der Waals surface area contributed by atoms with Crippen LogP contribution in [0.15, 0.2) is 55.0 Å². The van der Waals surface area contributed by atoms with Gasteiger partial charge in [-0.15, -0.1) is 0 Å². The van der Waals surface area contributed by atoms with Crippen LogP contribution in [0.1, 0.15) is 17.1 Å². The van der Waals surface area contributed by atoms with Gasteiger partial charge in [-0.25, -0.2) is 9.97 Å². The first kappa shape index (κ1) is 15.2. The first-order valence-corrected chi connectivity index (χ1v) is 8.05. The summed E-state index contributed by atoms with van der Waals surface area (Å²) >= 11 is 0. The maximum absolute atomic E-state index is 5.54. The lowest BCUT2D eigenvalue weighted by atomic mass is 10.1. The van der Waals surface area contributed by atoms with Gasteiger partial charge >= 0.3 is 0 Å². The van der Waals surface area contributed by atoms with E-state index in [1.807, 2.05) is 72.3 Å². The van der Waals surface area contributed by atoms with E-state index in [0.717, 1.165) is 39.6 Å². The third kappa shape index (κ3) is 3.04. The standard InChI is InChI=1S/C20H18N4O/c1-14-12-24(13-21-14)18-9-7-15(11-19(18)25-2)8-10-20-22-16-5-3-4-6-17(16)23-20/h3-13H,1-2H3,(H,22,23). The molecule has 2 heterocycles. The quantitative estimate of drug-likeness (QED) is 0.609. The molecule has 0 bridgehead atoms. The maximum atomic E-state index is 5.54. The van der Waals surface area contributed by atoms with Crippen LogP contribution in [-0.4, -0.2) is 26.6 Å². The highest BCUT2D eigenvalue weighted by atomic mass is 16.5. The minimum Gasteiger partial charge on any atom is -0.495 e. The molecule has 0 radical (unpaired) electrons. The van der Waals surface area contributed by atoms with Crippen LogP contribution >= 0.6 is 0 Å². The van der Waals surface area contributed by atoms with Crippen molar-refractivity contribution in [2.24, 2.45) is 0 Å². The second kappa shape index (κ2) is 6.28. The fraction of sp³-hybridized carbons (Fsp3) is 0.100. The van der Waals surface area contributed by atoms with Gasteiger partial charge in [-0.2, -0.15) is 0 Å². The van der Waals surface area contributed by atoms with Crippen LogP contribution < -0.4 is 4.74 Å². The molecule has 1 N–H and O–H groups in total. The summed E-state index contributed by atoms with van der Waals surface area (Å²) in [7, 11) is 1.68. The Hall–Kier alpha value is -3.34. The zero-order valence-electron chi connectivity index (χ0n) is 14.1. The number of rotatable bonds is 4. The minimum absolute atomic E-state index is 0.796. The zero-order chi connectivity index (χ0) is 17.2. The van der Waals surface area contributed by atoms with Gasteiger partial charge in [-0.05, 0) is 42.8 Å². The van der Waals surface area contributed by atoms with Crippen LogP contribution in [0.2, 0.25) is 0 Å². The van der Waals surface area contributed by atoms with Gasteiger partial charge in [0.15, 0.2) is 0 Å². The Kier molecular flexibility index (Phi) is 3.82. The van der Waals surface area contributed by atoms with Crippen LogP contribution in [0.3, 0.4) is 0 Å². The molecule has 25 heavy (non-hydrogen) atoms. The van der Waals surface area contributed by atoms with E-state index in [-0.39, 0.29) is 0 Å². The number of aryl methyl sites for hydroxylation is 1. The topological polar surface area (TPSA) is 55.7 Å². The predicted molar refractivity (Wildman–Crippen MR) is 99.9 cm³/mol. The molecular formula is C20H18N4O. The molecule has 0 aliphatic carbocycles. The third-order valence-corrected chi connectivity index (χ3v) is 4.03. The van der Waals surface area contributed by atoms with E-state index >= 15 is 0 Å². The van der Waals surface area contributed by atoms with Crippen molar-refractivity contribution in [3.63, 3.8) is 0 Å². The van der Waals surface area contributed by atoms with Gasteiger partial charge in [0.25, 0.3) is 0 Å². The van der Waals surface area contributed by atoms with Crippen LogP contribution in [0.5, 0.6) is 5.75 Å². The number of methoxy groups -OCH3 is 1. The molecular weight excluding hydrogens is 312 g/mol. The van der Waals surface area contributed by atoms with E-state index in [4.69, 9.17) is 4.74 Å². The molecule has 4 aromatic rings. The monoisotopic (exact) mass is 330 g/mol. The average Bonchev–Trinajstić information content (AvgIpc) is 3.25. The average molecular weight is 330 g/mol. The molecule has 0 amide bonds. The predicted octanol–water partition coefficient (Wildman–Crippen LogP) is 4.24. The molecule has 0 unspecified atom stereocenters. The molecule has 2 aromatic carbocycles. The van der Waals surface area contributed by atoms with E-state index in [0.29, 0.717) is 0 Å². The highest BCUT2D eigenvalue weighted by Gasteiger charge is 2.06. The Morgan fingerprint density at radius 1 is 1.12 bits per heavy atom. The Morgan fingerprint density at radius 2 is 2.00 bits per heavy atom. The fourth-order valence-corrected chi connectivity index (χ4v) is 2.79. The van der Waals surface area contributed by atoms with Crippen molar-refractivity contribution < 1.29 is 4.74 Å². The van der Waals surface area contributed by atoms with Gasteiger partial charge in [0, 0.05) is 6.20 Å². The number of hydrogen-bond acceptors (Lipinski definition) is 3. The van der Waals surface area contributed by atoms with Gasteiger partial charge in [-0.1, -0.05) is 24.3 Å². The number of nitrogens with zero attached hydrogens (tertiary/aromatic N) is 3. The number of benzene rings is 2. The smallest absolute Gasteiger partial charge is 0.143 e. The summed E-state index contributed by atoms with van der Waals surface area (Å²) in [4.78, 5) is 12.1. The van der Waals surface area contributed by atoms with Crippen LogP contribution in [0.25, 0.3) is 28.9 Å². The summed E-state index contributed by atoms with van der Waals surface area (Å²) in [5.41, 5.74) is 4.97. The molecule has 0 fully saturated rings. The van der Waals surface area contributed by atoms with Crippen molar-refractivity contribution in [1.29, 1.82) is 0 Å². The summed E-state index contributed by atoms with van der Waals surface area (Å²) in [6, 6.07) is 14.1. The Morgan fingerprint density at radius 3 is 2.76 bits per heavy atom. The molecule has 5 heteroatoms. The van der Waals surface area contributed by atoms with Crippen LogP contribution in [0.4, 0.5) is 0 Å². The van der Waals surface area contributed by atoms with E-state index in [1.54, 1.807) is 13.4 Å². The normalized spacial score (nSPS) is 11.4. The molecule has 0 saturated heterocycles. The highest BCUT2D eigenvalue weighted by molar-refractivity contribution is 5.78. The number of nitrogens with one attached hydrogen (secondary N) is 1. The van der Waals surface area contributed by atoms with Gasteiger partial charge in [0.2, 0.25) is 0 Å². The molecule has 124 valence electrons. The second-order valence-corrected chi connectivity index (χ2v) is 5.83. The number of ether oxygens (including phenoxy) is 1. The number of aromatic amines is 1. The number of fused-ring (bicyclic) bond motifs is 1. The van der Waals surface area contributed by atoms with Gasteiger partial charge in [0.1, 0.15) is 11.6 Å². The number of aromatic nitrogens is 4. The van der Waals surface area contributed by atoms with Crippen LogP contribution in [0, 0.1) is 6.92 Å². The fourth-order valence-electron chi connectivity index (χ4n) is 2.79. The Balaban J connectivity index is 1.64. The molecule has 0 aliphatic rings. The number of hydrogen-bond donors (Lipinski definition) is 1. The molecule has 0 atom stereocenters. The molecule has 2 aromatic heterocycles. The van der Waals surface area contributed by atoms with E-state index < -0.39 is 0 Å². The Labute approximate surface area is 145 Å². The van der Waals surface area contributed by atoms with Crippen molar-refractivity contribution in [2.45, 2.75) is 6.92 Å².